The van der Waals surface area contributed by atoms with Crippen LogP contribution in [0.15, 0.2) is 18.2 Å². The molecule has 5 nitrogen and oxygen atoms in total. The Morgan fingerprint density at radius 3 is 2.87 bits per heavy atom. The molecule has 126 valence electrons. The molecule has 0 saturated carbocycles. The minimum Gasteiger partial charge on any atom is -0.377 e. The smallest absolute Gasteiger partial charge is 0.241 e. The van der Waals surface area contributed by atoms with E-state index in [2.05, 4.69) is 10.9 Å². The molecule has 0 aromatic heterocycles. The van der Waals surface area contributed by atoms with Crippen LogP contribution < -0.4 is 10.9 Å². The second kappa shape index (κ2) is 6.19. The number of hydrogen-bond acceptors (Lipinski definition) is 4. The molecule has 3 rings (SSSR count). The lowest BCUT2D eigenvalue weighted by Gasteiger charge is -2.43. The summed E-state index contributed by atoms with van der Waals surface area (Å²) in [4.78, 5) is 14.7. The first-order valence-electron chi connectivity index (χ1n) is 8.05. The average Bonchev–Trinajstić information content (AvgIpc) is 2.99. The fourth-order valence-corrected chi connectivity index (χ4v) is 3.28. The maximum atomic E-state index is 13.4. The van der Waals surface area contributed by atoms with Crippen LogP contribution >= 0.6 is 0 Å². The largest absolute Gasteiger partial charge is 0.377 e. The van der Waals surface area contributed by atoms with Gasteiger partial charge in [0.15, 0.2) is 0 Å². The van der Waals surface area contributed by atoms with E-state index in [0.29, 0.717) is 31.7 Å². The summed E-state index contributed by atoms with van der Waals surface area (Å²) < 4.78 is 18.9. The maximum Gasteiger partial charge on any atom is 0.241 e. The Labute approximate surface area is 136 Å². The Hall–Kier alpha value is -1.50. The van der Waals surface area contributed by atoms with Crippen molar-refractivity contribution in [1.82, 2.24) is 15.8 Å². The molecule has 2 unspecified atom stereocenters. The van der Waals surface area contributed by atoms with Crippen LogP contribution in [0, 0.1) is 12.7 Å². The predicted octanol–water partition coefficient (Wildman–Crippen LogP) is 1.68. The summed E-state index contributed by atoms with van der Waals surface area (Å²) in [5.74, 6) is -0.116. The molecule has 0 spiro atoms. The Bertz CT molecular complexity index is 606. The number of nitrogens with one attached hydrogen (secondary N) is 2. The number of rotatable bonds is 2. The third kappa shape index (κ3) is 3.24. The van der Waals surface area contributed by atoms with Gasteiger partial charge >= 0.3 is 0 Å². The highest BCUT2D eigenvalue weighted by atomic mass is 19.1. The first kappa shape index (κ1) is 16.4. The second-order valence-corrected chi connectivity index (χ2v) is 6.99. The van der Waals surface area contributed by atoms with Crippen LogP contribution in [0.25, 0.3) is 0 Å². The summed E-state index contributed by atoms with van der Waals surface area (Å²) in [7, 11) is 0. The van der Waals surface area contributed by atoms with Crippen LogP contribution in [-0.2, 0) is 9.53 Å². The van der Waals surface area contributed by atoms with E-state index in [1.807, 2.05) is 24.8 Å². The number of hydrazine groups is 1. The zero-order chi connectivity index (χ0) is 16.6. The molecule has 23 heavy (non-hydrogen) atoms. The predicted molar refractivity (Wildman–Crippen MR) is 85.2 cm³/mol. The number of amides is 1. The maximum absolute atomic E-state index is 13.4. The summed E-state index contributed by atoms with van der Waals surface area (Å²) in [5, 5.41) is 0. The van der Waals surface area contributed by atoms with Crippen molar-refractivity contribution in [3.63, 3.8) is 0 Å². The van der Waals surface area contributed by atoms with Gasteiger partial charge < -0.3 is 9.64 Å². The lowest BCUT2D eigenvalue weighted by Crippen LogP contribution is -2.59. The fraction of sp³-hybridized carbons (Fsp3) is 0.588. The zero-order valence-corrected chi connectivity index (χ0v) is 13.9. The van der Waals surface area contributed by atoms with Crippen LogP contribution in [0.3, 0.4) is 0 Å². The normalized spacial score (nSPS) is 27.2. The second-order valence-electron chi connectivity index (χ2n) is 6.99. The zero-order valence-electron chi connectivity index (χ0n) is 13.9. The minimum absolute atomic E-state index is 0.00685. The Morgan fingerprint density at radius 1 is 1.39 bits per heavy atom. The molecule has 2 aliphatic rings. The first-order valence-corrected chi connectivity index (χ1v) is 8.05. The minimum atomic E-state index is -0.290. The average molecular weight is 321 g/mol. The summed E-state index contributed by atoms with van der Waals surface area (Å²) in [6, 6.07) is 4.81. The fourth-order valence-electron chi connectivity index (χ4n) is 3.28. The number of benzene rings is 1. The SMILES string of the molecule is Cc1cc(C2CC(C(=O)N3CCOCC3(C)C)NN2)ccc1F. The highest BCUT2D eigenvalue weighted by Crippen LogP contribution is 2.27. The summed E-state index contributed by atoms with van der Waals surface area (Å²) >= 11 is 0. The van der Waals surface area contributed by atoms with E-state index < -0.39 is 0 Å². The van der Waals surface area contributed by atoms with Gasteiger partial charge in [0.2, 0.25) is 5.91 Å². The van der Waals surface area contributed by atoms with Gasteiger partial charge in [-0.05, 0) is 44.4 Å². The molecule has 2 heterocycles. The van der Waals surface area contributed by atoms with Crippen molar-refractivity contribution < 1.29 is 13.9 Å². The number of carbonyl (C=O) groups excluding carboxylic acids is 1. The number of hydrogen-bond donors (Lipinski definition) is 2. The Balaban J connectivity index is 1.69. The van der Waals surface area contributed by atoms with E-state index in [4.69, 9.17) is 4.74 Å². The number of nitrogens with zero attached hydrogens (tertiary/aromatic N) is 1. The topological polar surface area (TPSA) is 53.6 Å². The molecule has 2 aliphatic heterocycles. The molecule has 1 aromatic rings. The lowest BCUT2D eigenvalue weighted by molar-refractivity contribution is -0.148. The molecule has 2 N–H and O–H groups in total. The van der Waals surface area contributed by atoms with E-state index in [1.54, 1.807) is 13.0 Å². The molecule has 6 heteroatoms. The molecule has 0 aliphatic carbocycles. The molecular weight excluding hydrogens is 297 g/mol. The van der Waals surface area contributed by atoms with Gasteiger partial charge in [-0.2, -0.15) is 0 Å². The van der Waals surface area contributed by atoms with Crippen molar-refractivity contribution in [2.75, 3.05) is 19.8 Å². The number of carbonyl (C=O) groups is 1. The quantitative estimate of drug-likeness (QED) is 0.870. The van der Waals surface area contributed by atoms with E-state index in [0.717, 1.165) is 5.56 Å². The molecule has 2 atom stereocenters. The van der Waals surface area contributed by atoms with E-state index in [1.165, 1.54) is 6.07 Å². The highest BCUT2D eigenvalue weighted by molar-refractivity contribution is 5.83. The van der Waals surface area contributed by atoms with E-state index in [9.17, 15) is 9.18 Å². The molecule has 0 bridgehead atoms. The monoisotopic (exact) mass is 321 g/mol. The standard InChI is InChI=1S/C17H24FN3O2/c1-11-8-12(4-5-13(11)18)14-9-15(20-19-14)16(22)21-6-7-23-10-17(21,2)3/h4-5,8,14-15,19-20H,6-7,9-10H2,1-3H3. The van der Waals surface area contributed by atoms with Gasteiger partial charge in [0, 0.05) is 12.6 Å². The van der Waals surface area contributed by atoms with Crippen LogP contribution in [0.5, 0.6) is 0 Å². The van der Waals surface area contributed by atoms with Crippen molar-refractivity contribution in [3.05, 3.63) is 35.1 Å². The molecular formula is C17H24FN3O2. The van der Waals surface area contributed by atoms with E-state index >= 15 is 0 Å². The molecule has 2 saturated heterocycles. The number of ether oxygens (including phenoxy) is 1. The van der Waals surface area contributed by atoms with E-state index in [-0.39, 0.29) is 29.3 Å². The van der Waals surface area contributed by atoms with Gasteiger partial charge in [-0.25, -0.2) is 15.2 Å². The summed E-state index contributed by atoms with van der Waals surface area (Å²) in [5.41, 5.74) is 7.59. The molecule has 1 aromatic carbocycles. The number of morpholine rings is 1. The Morgan fingerprint density at radius 2 is 2.17 bits per heavy atom. The van der Waals surface area contributed by atoms with Crippen LogP contribution in [0.4, 0.5) is 4.39 Å². The van der Waals surface area contributed by atoms with Crippen molar-refractivity contribution in [1.29, 1.82) is 0 Å². The van der Waals surface area contributed by atoms with Crippen LogP contribution in [-0.4, -0.2) is 42.1 Å². The molecule has 2 fully saturated rings. The van der Waals surface area contributed by atoms with Gasteiger partial charge in [0.1, 0.15) is 11.9 Å². The first-order chi connectivity index (χ1) is 10.9. The molecule has 1 amide bonds. The van der Waals surface area contributed by atoms with Gasteiger partial charge in [-0.15, -0.1) is 0 Å². The van der Waals surface area contributed by atoms with Crippen LogP contribution in [0.1, 0.15) is 37.4 Å². The Kier molecular flexibility index (Phi) is 4.40. The highest BCUT2D eigenvalue weighted by Gasteiger charge is 2.40. The lowest BCUT2D eigenvalue weighted by atomic mass is 9.97. The van der Waals surface area contributed by atoms with Crippen LogP contribution in [0.2, 0.25) is 0 Å². The summed E-state index contributed by atoms with van der Waals surface area (Å²) in [6.07, 6.45) is 0.650. The molecule has 0 radical (unpaired) electrons. The van der Waals surface area contributed by atoms with Crippen molar-refractivity contribution >= 4 is 5.91 Å². The third-order valence-corrected chi connectivity index (χ3v) is 4.70. The van der Waals surface area contributed by atoms with Crippen molar-refractivity contribution in [2.45, 2.75) is 44.8 Å². The third-order valence-electron chi connectivity index (χ3n) is 4.70. The number of halogens is 1. The van der Waals surface area contributed by atoms with Gasteiger partial charge in [0.05, 0.1) is 18.8 Å². The number of aryl methyl sites for hydroxylation is 1. The van der Waals surface area contributed by atoms with Crippen molar-refractivity contribution in [2.24, 2.45) is 0 Å². The van der Waals surface area contributed by atoms with Crippen molar-refractivity contribution in [3.8, 4) is 0 Å². The summed E-state index contributed by atoms with van der Waals surface area (Å²) in [6.45, 7) is 7.54. The van der Waals surface area contributed by atoms with Gasteiger partial charge in [0.25, 0.3) is 0 Å². The van der Waals surface area contributed by atoms with Gasteiger partial charge in [-0.3, -0.25) is 4.79 Å². The van der Waals surface area contributed by atoms with Gasteiger partial charge in [-0.1, -0.05) is 12.1 Å².